The molecule has 0 saturated carbocycles. The molecule has 21 heavy (non-hydrogen) atoms. The number of phenols is 1. The Morgan fingerprint density at radius 2 is 1.86 bits per heavy atom. The number of nitrogens with zero attached hydrogens (tertiary/aromatic N) is 1. The summed E-state index contributed by atoms with van der Waals surface area (Å²) in [4.78, 5) is 12.0. The van der Waals surface area contributed by atoms with Crippen LogP contribution in [0.25, 0.3) is 0 Å². The molecule has 0 atom stereocenters. The third kappa shape index (κ3) is 3.74. The van der Waals surface area contributed by atoms with Crippen molar-refractivity contribution in [3.63, 3.8) is 0 Å². The Kier molecular flexibility index (Phi) is 4.83. The molecular formula is C15H12Cl2N2O2. The van der Waals surface area contributed by atoms with Gasteiger partial charge in [0.2, 0.25) is 0 Å². The molecule has 0 heterocycles. The van der Waals surface area contributed by atoms with Gasteiger partial charge in [0, 0.05) is 10.6 Å². The standard InChI is InChI=1S/C15H12Cl2N2O2/c1-9(12-8-10(16)6-7-14(12)20)18-19-15(21)11-4-2-3-5-13(11)17/h2-8,20H,1H3,(H,19,21)/b18-9+. The molecular weight excluding hydrogens is 311 g/mol. The Morgan fingerprint density at radius 1 is 1.14 bits per heavy atom. The summed E-state index contributed by atoms with van der Waals surface area (Å²) in [5.74, 6) is -0.394. The number of benzene rings is 2. The van der Waals surface area contributed by atoms with Crippen LogP contribution in [0.1, 0.15) is 22.8 Å². The maximum Gasteiger partial charge on any atom is 0.272 e. The highest BCUT2D eigenvalue weighted by Crippen LogP contribution is 2.22. The second-order valence-corrected chi connectivity index (χ2v) is 5.12. The highest BCUT2D eigenvalue weighted by atomic mass is 35.5. The average Bonchev–Trinajstić information content (AvgIpc) is 2.47. The molecule has 108 valence electrons. The third-order valence-electron chi connectivity index (χ3n) is 2.79. The van der Waals surface area contributed by atoms with Gasteiger partial charge in [-0.15, -0.1) is 0 Å². The van der Waals surface area contributed by atoms with Gasteiger partial charge in [0.25, 0.3) is 5.91 Å². The fraction of sp³-hybridized carbons (Fsp3) is 0.0667. The zero-order valence-electron chi connectivity index (χ0n) is 11.1. The molecule has 0 aliphatic rings. The smallest absolute Gasteiger partial charge is 0.272 e. The van der Waals surface area contributed by atoms with Crippen LogP contribution in [-0.2, 0) is 0 Å². The topological polar surface area (TPSA) is 61.7 Å². The Balaban J connectivity index is 2.19. The molecule has 2 rings (SSSR count). The van der Waals surface area contributed by atoms with E-state index in [-0.39, 0.29) is 5.75 Å². The van der Waals surface area contributed by atoms with E-state index in [1.807, 2.05) is 0 Å². The summed E-state index contributed by atoms with van der Waals surface area (Å²) < 4.78 is 0. The van der Waals surface area contributed by atoms with E-state index in [0.29, 0.717) is 26.9 Å². The van der Waals surface area contributed by atoms with Gasteiger partial charge < -0.3 is 5.11 Å². The number of phenolic OH excluding ortho intramolecular Hbond substituents is 1. The molecule has 0 fully saturated rings. The molecule has 6 heteroatoms. The number of aromatic hydroxyl groups is 1. The zero-order valence-corrected chi connectivity index (χ0v) is 12.6. The minimum absolute atomic E-state index is 0.0349. The quantitative estimate of drug-likeness (QED) is 0.666. The van der Waals surface area contributed by atoms with Crippen LogP contribution in [0.4, 0.5) is 0 Å². The van der Waals surface area contributed by atoms with Gasteiger partial charge in [-0.05, 0) is 37.3 Å². The summed E-state index contributed by atoms with van der Waals surface area (Å²) in [6.07, 6.45) is 0. The fourth-order valence-electron chi connectivity index (χ4n) is 1.70. The Hall–Kier alpha value is -2.04. The first kappa shape index (κ1) is 15.4. The molecule has 4 nitrogen and oxygen atoms in total. The summed E-state index contributed by atoms with van der Waals surface area (Å²) in [5, 5.41) is 14.5. The van der Waals surface area contributed by atoms with Crippen molar-refractivity contribution in [3.8, 4) is 5.75 Å². The normalized spacial score (nSPS) is 11.3. The molecule has 1 amide bonds. The van der Waals surface area contributed by atoms with Crippen LogP contribution < -0.4 is 5.43 Å². The van der Waals surface area contributed by atoms with Gasteiger partial charge in [0.05, 0.1) is 16.3 Å². The van der Waals surface area contributed by atoms with Crippen molar-refractivity contribution in [1.82, 2.24) is 5.43 Å². The largest absolute Gasteiger partial charge is 0.507 e. The van der Waals surface area contributed by atoms with Crippen LogP contribution in [0.3, 0.4) is 0 Å². The fourth-order valence-corrected chi connectivity index (χ4v) is 2.09. The van der Waals surface area contributed by atoms with Crippen molar-refractivity contribution in [2.24, 2.45) is 5.10 Å². The summed E-state index contributed by atoms with van der Waals surface area (Å²) in [7, 11) is 0. The predicted molar refractivity (Wildman–Crippen MR) is 84.2 cm³/mol. The maximum atomic E-state index is 12.0. The molecule has 0 radical (unpaired) electrons. The van der Waals surface area contributed by atoms with Gasteiger partial charge in [-0.3, -0.25) is 4.79 Å². The summed E-state index contributed by atoms with van der Waals surface area (Å²) in [6.45, 7) is 1.65. The number of amides is 1. The van der Waals surface area contributed by atoms with Crippen molar-refractivity contribution in [2.45, 2.75) is 6.92 Å². The number of hydrogen-bond acceptors (Lipinski definition) is 3. The van der Waals surface area contributed by atoms with E-state index >= 15 is 0 Å². The number of carbonyl (C=O) groups is 1. The highest BCUT2D eigenvalue weighted by Gasteiger charge is 2.10. The van der Waals surface area contributed by atoms with E-state index in [1.165, 1.54) is 6.07 Å². The zero-order chi connectivity index (χ0) is 15.4. The van der Waals surface area contributed by atoms with E-state index in [4.69, 9.17) is 23.2 Å². The molecule has 0 aliphatic carbocycles. The highest BCUT2D eigenvalue weighted by molar-refractivity contribution is 6.33. The van der Waals surface area contributed by atoms with E-state index in [9.17, 15) is 9.90 Å². The lowest BCUT2D eigenvalue weighted by molar-refractivity contribution is 0.0955. The first-order chi connectivity index (χ1) is 9.99. The minimum atomic E-state index is -0.429. The molecule has 0 aromatic heterocycles. The SMILES string of the molecule is C/C(=N\NC(=O)c1ccccc1Cl)c1cc(Cl)ccc1O. The molecule has 0 bridgehead atoms. The van der Waals surface area contributed by atoms with E-state index in [0.717, 1.165) is 0 Å². The molecule has 2 N–H and O–H groups in total. The second kappa shape index (κ2) is 6.61. The van der Waals surface area contributed by atoms with Gasteiger partial charge in [0.15, 0.2) is 0 Å². The number of hydrazone groups is 1. The lowest BCUT2D eigenvalue weighted by Gasteiger charge is -2.06. The molecule has 2 aromatic carbocycles. The molecule has 0 spiro atoms. The number of nitrogens with one attached hydrogen (secondary N) is 1. The molecule has 0 saturated heterocycles. The van der Waals surface area contributed by atoms with Crippen LogP contribution in [0, 0.1) is 0 Å². The van der Waals surface area contributed by atoms with Crippen molar-refractivity contribution in [2.75, 3.05) is 0 Å². The van der Waals surface area contributed by atoms with Crippen LogP contribution >= 0.6 is 23.2 Å². The van der Waals surface area contributed by atoms with E-state index < -0.39 is 5.91 Å². The second-order valence-electron chi connectivity index (χ2n) is 4.28. The van der Waals surface area contributed by atoms with E-state index in [1.54, 1.807) is 43.3 Å². The number of rotatable bonds is 3. The Morgan fingerprint density at radius 3 is 2.57 bits per heavy atom. The molecule has 0 unspecified atom stereocenters. The van der Waals surface area contributed by atoms with Crippen LogP contribution in [0.2, 0.25) is 10.0 Å². The van der Waals surface area contributed by atoms with Gasteiger partial charge >= 0.3 is 0 Å². The lowest BCUT2D eigenvalue weighted by Crippen LogP contribution is -2.19. The van der Waals surface area contributed by atoms with Crippen molar-refractivity contribution < 1.29 is 9.90 Å². The summed E-state index contributed by atoms with van der Waals surface area (Å²) >= 11 is 11.8. The minimum Gasteiger partial charge on any atom is -0.507 e. The average molecular weight is 323 g/mol. The third-order valence-corrected chi connectivity index (χ3v) is 3.36. The molecule has 2 aromatic rings. The van der Waals surface area contributed by atoms with Crippen molar-refractivity contribution >= 4 is 34.8 Å². The van der Waals surface area contributed by atoms with E-state index in [2.05, 4.69) is 10.5 Å². The van der Waals surface area contributed by atoms with Crippen LogP contribution in [-0.4, -0.2) is 16.7 Å². The van der Waals surface area contributed by atoms with Gasteiger partial charge in [-0.25, -0.2) is 5.43 Å². The number of halogens is 2. The van der Waals surface area contributed by atoms with Crippen molar-refractivity contribution in [3.05, 3.63) is 63.6 Å². The summed E-state index contributed by atoms with van der Waals surface area (Å²) in [6, 6.07) is 11.3. The number of carbonyl (C=O) groups excluding carboxylic acids is 1. The lowest BCUT2D eigenvalue weighted by atomic mass is 10.1. The first-order valence-electron chi connectivity index (χ1n) is 6.07. The Bertz CT molecular complexity index is 715. The summed E-state index contributed by atoms with van der Waals surface area (Å²) in [5.41, 5.74) is 3.59. The van der Waals surface area contributed by atoms with Gasteiger partial charge in [0.1, 0.15) is 5.75 Å². The first-order valence-corrected chi connectivity index (χ1v) is 6.82. The van der Waals surface area contributed by atoms with Crippen LogP contribution in [0.15, 0.2) is 47.6 Å². The molecule has 0 aliphatic heterocycles. The predicted octanol–water partition coefficient (Wildman–Crippen LogP) is 3.85. The van der Waals surface area contributed by atoms with Crippen molar-refractivity contribution in [1.29, 1.82) is 0 Å². The number of hydrogen-bond donors (Lipinski definition) is 2. The van der Waals surface area contributed by atoms with Gasteiger partial charge in [-0.1, -0.05) is 35.3 Å². The maximum absolute atomic E-state index is 12.0. The Labute approximate surface area is 132 Å². The monoisotopic (exact) mass is 322 g/mol. The van der Waals surface area contributed by atoms with Crippen LogP contribution in [0.5, 0.6) is 5.75 Å². The van der Waals surface area contributed by atoms with Gasteiger partial charge in [-0.2, -0.15) is 5.10 Å².